The molecule has 1 saturated heterocycles. The molecule has 0 aliphatic carbocycles. The van der Waals surface area contributed by atoms with Gasteiger partial charge in [-0.3, -0.25) is 4.90 Å². The minimum atomic E-state index is -3.99. The van der Waals surface area contributed by atoms with Crippen LogP contribution in [0.2, 0.25) is 0 Å². The molecule has 4 aromatic rings. The molecule has 2 heterocycles. The van der Waals surface area contributed by atoms with Crippen LogP contribution in [-0.2, 0) is 16.4 Å². The van der Waals surface area contributed by atoms with Crippen LogP contribution in [0.1, 0.15) is 16.5 Å². The van der Waals surface area contributed by atoms with Gasteiger partial charge in [-0.05, 0) is 29.8 Å². The molecule has 1 aromatic heterocycles. The lowest BCUT2D eigenvalue weighted by atomic mass is 10.2. The molecule has 35 heavy (non-hydrogen) atoms. The fourth-order valence-corrected chi connectivity index (χ4v) is 5.80. The summed E-state index contributed by atoms with van der Waals surface area (Å²) in [5, 5.41) is 8.59. The molecule has 0 spiro atoms. The lowest BCUT2D eigenvalue weighted by molar-refractivity contribution is 0.249. The third-order valence-corrected chi connectivity index (χ3v) is 8.13. The van der Waals surface area contributed by atoms with E-state index in [2.05, 4.69) is 26.9 Å². The summed E-state index contributed by atoms with van der Waals surface area (Å²) in [6.07, 6.45) is 0. The van der Waals surface area contributed by atoms with Crippen molar-refractivity contribution in [1.29, 1.82) is 5.26 Å². The van der Waals surface area contributed by atoms with Crippen molar-refractivity contribution in [2.45, 2.75) is 16.7 Å². The van der Waals surface area contributed by atoms with Gasteiger partial charge < -0.3 is 4.90 Å². The van der Waals surface area contributed by atoms with E-state index >= 15 is 0 Å². The van der Waals surface area contributed by atoms with E-state index in [1.54, 1.807) is 24.3 Å². The summed E-state index contributed by atoms with van der Waals surface area (Å²) in [6, 6.07) is 27.8. The zero-order valence-corrected chi connectivity index (χ0v) is 20.0. The maximum absolute atomic E-state index is 13.5. The number of hydrogen-bond donors (Lipinski definition) is 0. The lowest BCUT2D eigenvalue weighted by Gasteiger charge is -2.36. The first-order chi connectivity index (χ1) is 17.1. The number of nitrogens with zero attached hydrogens (tertiary/aromatic N) is 5. The first kappa shape index (κ1) is 23.0. The number of piperazine rings is 1. The van der Waals surface area contributed by atoms with Crippen molar-refractivity contribution >= 4 is 26.7 Å². The summed E-state index contributed by atoms with van der Waals surface area (Å²) in [7, 11) is -3.99. The monoisotopic (exact) mass is 483 g/mol. The highest BCUT2D eigenvalue weighted by Crippen LogP contribution is 2.34. The van der Waals surface area contributed by atoms with Crippen molar-refractivity contribution < 1.29 is 8.42 Å². The van der Waals surface area contributed by atoms with Gasteiger partial charge in [0.15, 0.2) is 11.1 Å². The molecule has 1 aliphatic heterocycles. The molecule has 0 unspecified atom stereocenters. The Kier molecular flexibility index (Phi) is 6.45. The highest BCUT2D eigenvalue weighted by molar-refractivity contribution is 7.92. The number of aromatic nitrogens is 2. The minimum absolute atomic E-state index is 0.0974. The van der Waals surface area contributed by atoms with Crippen molar-refractivity contribution in [2.24, 2.45) is 0 Å². The molecule has 0 N–H and O–H groups in total. The molecule has 1 aliphatic rings. The predicted molar refractivity (Wildman–Crippen MR) is 135 cm³/mol. The Morgan fingerprint density at radius 3 is 2.00 bits per heavy atom. The molecule has 5 rings (SSSR count). The topological polar surface area (TPSA) is 90.2 Å². The first-order valence-corrected chi connectivity index (χ1v) is 13.1. The van der Waals surface area contributed by atoms with Crippen molar-refractivity contribution in [3.63, 3.8) is 0 Å². The molecule has 176 valence electrons. The summed E-state index contributed by atoms with van der Waals surface area (Å²) >= 11 is 0. The van der Waals surface area contributed by atoms with Crippen LogP contribution in [0.3, 0.4) is 0 Å². The summed E-state index contributed by atoms with van der Waals surface area (Å²) in [4.78, 5) is 14.0. The fraction of sp³-hybridized carbons (Fsp3) is 0.222. The van der Waals surface area contributed by atoms with Gasteiger partial charge in [-0.1, -0.05) is 60.7 Å². The number of hydrogen-bond acceptors (Lipinski definition) is 7. The minimum Gasteiger partial charge on any atom is -0.352 e. The molecule has 7 nitrogen and oxygen atoms in total. The van der Waals surface area contributed by atoms with Gasteiger partial charge in [0.25, 0.3) is 0 Å². The quantitative estimate of drug-likeness (QED) is 0.410. The lowest BCUT2D eigenvalue weighted by Crippen LogP contribution is -2.46. The van der Waals surface area contributed by atoms with Crippen molar-refractivity contribution in [2.75, 3.05) is 31.1 Å². The van der Waals surface area contributed by atoms with Gasteiger partial charge in [0, 0.05) is 32.7 Å². The average Bonchev–Trinajstić information content (AvgIpc) is 2.90. The van der Waals surface area contributed by atoms with E-state index in [-0.39, 0.29) is 10.6 Å². The molecular formula is C27H25N5O2S. The van der Waals surface area contributed by atoms with Crippen LogP contribution in [0.5, 0.6) is 0 Å². The summed E-state index contributed by atoms with van der Waals surface area (Å²) in [5.41, 5.74) is 2.68. The van der Waals surface area contributed by atoms with Crippen molar-refractivity contribution in [3.8, 4) is 6.07 Å². The van der Waals surface area contributed by atoms with E-state index in [1.165, 1.54) is 17.7 Å². The summed E-state index contributed by atoms with van der Waals surface area (Å²) in [5.74, 6) is 0.467. The Labute approximate surface area is 205 Å². The standard InChI is InChI=1S/C27H25N5O2S/c28-19-25(35(33,34)22-11-5-2-6-12-22)26-27(30-24-14-8-7-13-23(24)29-26)32-17-15-31(16-18-32)20-21-9-3-1-4-10-21/h1-14,25H,15-18,20H2/t25-/m0/s1. The highest BCUT2D eigenvalue weighted by atomic mass is 32.2. The second-order valence-corrected chi connectivity index (χ2v) is 10.6. The third-order valence-electron chi connectivity index (χ3n) is 6.25. The smallest absolute Gasteiger partial charge is 0.200 e. The van der Waals surface area contributed by atoms with Crippen molar-refractivity contribution in [3.05, 3.63) is 96.2 Å². The number of nitriles is 1. The number of rotatable bonds is 6. The number of sulfone groups is 1. The van der Waals surface area contributed by atoms with E-state index in [0.29, 0.717) is 29.9 Å². The van der Waals surface area contributed by atoms with Gasteiger partial charge in [0.05, 0.1) is 22.0 Å². The van der Waals surface area contributed by atoms with Crippen molar-refractivity contribution in [1.82, 2.24) is 14.9 Å². The fourth-order valence-electron chi connectivity index (χ4n) is 4.40. The summed E-state index contributed by atoms with van der Waals surface area (Å²) in [6.45, 7) is 3.78. The maximum atomic E-state index is 13.5. The van der Waals surface area contributed by atoms with E-state index < -0.39 is 15.1 Å². The normalized spacial score (nSPS) is 15.6. The molecule has 3 aromatic carbocycles. The van der Waals surface area contributed by atoms with Crippen LogP contribution in [0.4, 0.5) is 5.82 Å². The maximum Gasteiger partial charge on any atom is 0.200 e. The number of benzene rings is 3. The van der Waals surface area contributed by atoms with E-state index in [0.717, 1.165) is 19.6 Å². The Morgan fingerprint density at radius 1 is 0.800 bits per heavy atom. The highest BCUT2D eigenvalue weighted by Gasteiger charge is 2.35. The van der Waals surface area contributed by atoms with Crippen LogP contribution in [0, 0.1) is 11.3 Å². The van der Waals surface area contributed by atoms with Gasteiger partial charge in [0.1, 0.15) is 5.69 Å². The van der Waals surface area contributed by atoms with Crippen LogP contribution < -0.4 is 4.90 Å². The molecule has 1 atom stereocenters. The first-order valence-electron chi connectivity index (χ1n) is 11.5. The molecule has 0 saturated carbocycles. The van der Waals surface area contributed by atoms with Crippen LogP contribution in [0.15, 0.2) is 89.8 Å². The molecule has 0 bridgehead atoms. The van der Waals surface area contributed by atoms with Gasteiger partial charge in [-0.25, -0.2) is 18.4 Å². The van der Waals surface area contributed by atoms with Gasteiger partial charge in [-0.2, -0.15) is 5.26 Å². The molecular weight excluding hydrogens is 458 g/mol. The number of fused-ring (bicyclic) bond motifs is 1. The van der Waals surface area contributed by atoms with Gasteiger partial charge in [-0.15, -0.1) is 0 Å². The van der Waals surface area contributed by atoms with Gasteiger partial charge >= 0.3 is 0 Å². The van der Waals surface area contributed by atoms with Crippen LogP contribution in [-0.4, -0.2) is 49.5 Å². The molecule has 8 heteroatoms. The second-order valence-electron chi connectivity index (χ2n) is 8.54. The van der Waals surface area contributed by atoms with E-state index in [4.69, 9.17) is 4.98 Å². The zero-order valence-electron chi connectivity index (χ0n) is 19.2. The molecule has 0 radical (unpaired) electrons. The predicted octanol–water partition coefficient (Wildman–Crippen LogP) is 3.99. The molecule has 1 fully saturated rings. The Bertz CT molecular complexity index is 1460. The van der Waals surface area contributed by atoms with E-state index in [1.807, 2.05) is 42.5 Å². The third kappa shape index (κ3) is 4.74. The van der Waals surface area contributed by atoms with Crippen LogP contribution >= 0.6 is 0 Å². The Hall–Kier alpha value is -3.80. The Morgan fingerprint density at radius 2 is 1.37 bits per heavy atom. The SMILES string of the molecule is N#C[C@@H](c1nc2ccccc2nc1N1CCN(Cc2ccccc2)CC1)S(=O)(=O)c1ccccc1. The Balaban J connectivity index is 1.49. The number of anilines is 1. The molecule has 0 amide bonds. The van der Waals surface area contributed by atoms with Gasteiger partial charge in [0.2, 0.25) is 9.84 Å². The van der Waals surface area contributed by atoms with E-state index in [9.17, 15) is 13.7 Å². The zero-order chi connectivity index (χ0) is 24.3. The largest absolute Gasteiger partial charge is 0.352 e. The summed E-state index contributed by atoms with van der Waals surface area (Å²) < 4.78 is 26.9. The second kappa shape index (κ2) is 9.82. The number of para-hydroxylation sites is 2. The van der Waals surface area contributed by atoms with Crippen LogP contribution in [0.25, 0.3) is 11.0 Å². The average molecular weight is 484 g/mol.